The lowest BCUT2D eigenvalue weighted by molar-refractivity contribution is 0.943. The molecule has 1 N–H and O–H groups in total. The van der Waals surface area contributed by atoms with E-state index in [0.717, 1.165) is 16.8 Å². The summed E-state index contributed by atoms with van der Waals surface area (Å²) in [4.78, 5) is 3.85. The van der Waals surface area contributed by atoms with Crippen molar-refractivity contribution in [2.24, 2.45) is 4.99 Å². The van der Waals surface area contributed by atoms with E-state index in [1.165, 1.54) is 0 Å². The maximum Gasteiger partial charge on any atom is 0.101 e. The van der Waals surface area contributed by atoms with Crippen LogP contribution in [0.1, 0.15) is 18.2 Å². The molecule has 0 spiro atoms. The number of hydrogen-bond acceptors (Lipinski definition) is 1. The zero-order valence-corrected chi connectivity index (χ0v) is 8.33. The molecule has 0 amide bonds. The van der Waals surface area contributed by atoms with Crippen LogP contribution in [0, 0.1) is 6.92 Å². The van der Waals surface area contributed by atoms with Crippen LogP contribution in [-0.2, 0) is 0 Å². The Morgan fingerprint density at radius 2 is 2.38 bits per heavy atom. The van der Waals surface area contributed by atoms with Crippen molar-refractivity contribution in [3.05, 3.63) is 30.1 Å². The molecule has 1 aromatic rings. The predicted molar refractivity (Wildman–Crippen MR) is 57.7 cm³/mol. The maximum absolute atomic E-state index is 3.89. The molecular formula is C10H15N3. The topological polar surface area (TPSA) is 29.3 Å². The zero-order chi connectivity index (χ0) is 9.84. The number of hydrogen-bond donors (Lipinski definition) is 1. The van der Waals surface area contributed by atoms with E-state index >= 15 is 0 Å². The minimum atomic E-state index is 1.07. The van der Waals surface area contributed by atoms with Gasteiger partial charge in [-0.25, -0.2) is 0 Å². The van der Waals surface area contributed by atoms with Crippen molar-refractivity contribution in [1.82, 2.24) is 4.68 Å². The number of aromatic nitrogens is 1. The first-order chi connectivity index (χ1) is 6.15. The molecule has 0 fully saturated rings. The largest absolute Gasteiger partial charge is 0.284 e. The molecule has 3 heteroatoms. The van der Waals surface area contributed by atoms with Crippen molar-refractivity contribution >= 4 is 11.9 Å². The molecule has 13 heavy (non-hydrogen) atoms. The second-order valence-corrected chi connectivity index (χ2v) is 3.04. The third-order valence-corrected chi connectivity index (χ3v) is 1.83. The van der Waals surface area contributed by atoms with Crippen LogP contribution < -0.4 is 5.43 Å². The predicted octanol–water partition coefficient (Wildman–Crippen LogP) is 2.03. The van der Waals surface area contributed by atoms with E-state index in [4.69, 9.17) is 0 Å². The van der Waals surface area contributed by atoms with Crippen molar-refractivity contribution in [1.29, 1.82) is 0 Å². The second-order valence-electron chi connectivity index (χ2n) is 3.04. The van der Waals surface area contributed by atoms with Crippen LogP contribution >= 0.6 is 0 Å². The molecule has 0 radical (unpaired) electrons. The van der Waals surface area contributed by atoms with E-state index < -0.39 is 0 Å². The van der Waals surface area contributed by atoms with E-state index in [9.17, 15) is 0 Å². The molecule has 0 saturated carbocycles. The summed E-state index contributed by atoms with van der Waals surface area (Å²) in [6, 6.07) is 2.08. The molecular weight excluding hydrogens is 162 g/mol. The van der Waals surface area contributed by atoms with Gasteiger partial charge in [0.2, 0.25) is 0 Å². The van der Waals surface area contributed by atoms with E-state index in [1.54, 1.807) is 13.4 Å². The molecule has 0 unspecified atom stereocenters. The van der Waals surface area contributed by atoms with Gasteiger partial charge in [-0.1, -0.05) is 6.58 Å². The van der Waals surface area contributed by atoms with Crippen LogP contribution in [0.2, 0.25) is 0 Å². The summed E-state index contributed by atoms with van der Waals surface area (Å²) in [5.74, 6) is 0. The highest BCUT2D eigenvalue weighted by atomic mass is 15.4. The van der Waals surface area contributed by atoms with Crippen molar-refractivity contribution in [3.63, 3.8) is 0 Å². The molecule has 70 valence electrons. The van der Waals surface area contributed by atoms with Gasteiger partial charge in [-0.2, -0.15) is 0 Å². The van der Waals surface area contributed by atoms with E-state index in [0.29, 0.717) is 0 Å². The van der Waals surface area contributed by atoms with Gasteiger partial charge in [0.15, 0.2) is 0 Å². The Morgan fingerprint density at radius 3 is 2.85 bits per heavy atom. The summed E-state index contributed by atoms with van der Waals surface area (Å²) in [7, 11) is 1.73. The standard InChI is InChI=1S/C10H15N3/c1-8(2)10-5-9(3)13(6-10)12-7-11-4/h5-7H,1H2,2-4H3,(H,11,12). The Kier molecular flexibility index (Phi) is 2.90. The monoisotopic (exact) mass is 177 g/mol. The first-order valence-electron chi connectivity index (χ1n) is 4.17. The van der Waals surface area contributed by atoms with Crippen molar-refractivity contribution in [3.8, 4) is 0 Å². The molecule has 0 aliphatic rings. The highest BCUT2D eigenvalue weighted by molar-refractivity contribution is 5.66. The van der Waals surface area contributed by atoms with Gasteiger partial charge in [-0.05, 0) is 31.1 Å². The van der Waals surface area contributed by atoms with Gasteiger partial charge in [0.25, 0.3) is 0 Å². The summed E-state index contributed by atoms with van der Waals surface area (Å²) in [6.45, 7) is 7.91. The lowest BCUT2D eigenvalue weighted by Crippen LogP contribution is -2.12. The van der Waals surface area contributed by atoms with Gasteiger partial charge in [-0.3, -0.25) is 15.1 Å². The van der Waals surface area contributed by atoms with Crippen molar-refractivity contribution < 1.29 is 0 Å². The Morgan fingerprint density at radius 1 is 1.69 bits per heavy atom. The Balaban J connectivity index is 2.89. The zero-order valence-electron chi connectivity index (χ0n) is 8.33. The maximum atomic E-state index is 3.89. The van der Waals surface area contributed by atoms with Crippen LogP contribution in [0.25, 0.3) is 5.57 Å². The van der Waals surface area contributed by atoms with Gasteiger partial charge in [0.1, 0.15) is 6.34 Å². The minimum Gasteiger partial charge on any atom is -0.284 e. The van der Waals surface area contributed by atoms with Gasteiger partial charge < -0.3 is 0 Å². The van der Waals surface area contributed by atoms with Crippen LogP contribution in [0.5, 0.6) is 0 Å². The second kappa shape index (κ2) is 3.94. The van der Waals surface area contributed by atoms with E-state index in [2.05, 4.69) is 23.1 Å². The summed E-state index contributed by atoms with van der Waals surface area (Å²) in [6.07, 6.45) is 3.65. The fraction of sp³-hybridized carbons (Fsp3) is 0.300. The molecule has 0 bridgehead atoms. The van der Waals surface area contributed by atoms with E-state index in [-0.39, 0.29) is 0 Å². The first kappa shape index (κ1) is 9.58. The van der Waals surface area contributed by atoms with E-state index in [1.807, 2.05) is 24.7 Å². The first-order valence-corrected chi connectivity index (χ1v) is 4.17. The average Bonchev–Trinajstić information content (AvgIpc) is 2.44. The fourth-order valence-corrected chi connectivity index (χ4v) is 1.07. The fourth-order valence-electron chi connectivity index (χ4n) is 1.07. The summed E-state index contributed by atoms with van der Waals surface area (Å²) < 4.78 is 1.91. The van der Waals surface area contributed by atoms with Gasteiger partial charge in [0.05, 0.1) is 0 Å². The smallest absolute Gasteiger partial charge is 0.101 e. The molecule has 0 aliphatic heterocycles. The molecule has 0 atom stereocenters. The highest BCUT2D eigenvalue weighted by Gasteiger charge is 2.00. The van der Waals surface area contributed by atoms with Gasteiger partial charge in [0, 0.05) is 18.9 Å². The highest BCUT2D eigenvalue weighted by Crippen LogP contribution is 2.13. The normalized spacial score (nSPS) is 10.7. The Labute approximate surface area is 78.8 Å². The molecule has 3 nitrogen and oxygen atoms in total. The lowest BCUT2D eigenvalue weighted by Gasteiger charge is -2.02. The van der Waals surface area contributed by atoms with Crippen LogP contribution in [0.3, 0.4) is 0 Å². The number of aryl methyl sites for hydroxylation is 1. The van der Waals surface area contributed by atoms with Crippen molar-refractivity contribution in [2.75, 3.05) is 12.5 Å². The summed E-state index contributed by atoms with van der Waals surface area (Å²) in [5, 5.41) is 0. The minimum absolute atomic E-state index is 1.07. The third-order valence-electron chi connectivity index (χ3n) is 1.83. The molecule has 1 rings (SSSR count). The summed E-state index contributed by atoms with van der Waals surface area (Å²) in [5.41, 5.74) is 6.37. The average molecular weight is 177 g/mol. The quantitative estimate of drug-likeness (QED) is 0.555. The van der Waals surface area contributed by atoms with Crippen LogP contribution in [-0.4, -0.2) is 18.1 Å². The van der Waals surface area contributed by atoms with Crippen LogP contribution in [0.15, 0.2) is 23.8 Å². The van der Waals surface area contributed by atoms with Crippen molar-refractivity contribution in [2.45, 2.75) is 13.8 Å². The number of allylic oxidation sites excluding steroid dienone is 1. The Bertz CT molecular complexity index is 334. The number of nitrogens with one attached hydrogen (secondary N) is 1. The number of rotatable bonds is 3. The lowest BCUT2D eigenvalue weighted by atomic mass is 10.2. The molecule has 0 aromatic carbocycles. The van der Waals surface area contributed by atoms with Gasteiger partial charge >= 0.3 is 0 Å². The SMILES string of the molecule is C=C(C)c1cc(C)n(NC=NC)c1. The molecule has 0 saturated heterocycles. The van der Waals surface area contributed by atoms with Gasteiger partial charge in [-0.15, -0.1) is 0 Å². The molecule has 1 heterocycles. The molecule has 1 aromatic heterocycles. The number of aliphatic imine (C=N–C) groups is 1. The third kappa shape index (κ3) is 2.21. The molecule has 0 aliphatic carbocycles. The Hall–Kier alpha value is -1.51. The number of nitrogens with zero attached hydrogens (tertiary/aromatic N) is 2. The van der Waals surface area contributed by atoms with Crippen LogP contribution in [0.4, 0.5) is 0 Å². The summed E-state index contributed by atoms with van der Waals surface area (Å²) >= 11 is 0.